The first-order valence-electron chi connectivity index (χ1n) is 9.82. The molecular weight excluding hydrogens is 386 g/mol. The van der Waals surface area contributed by atoms with Crippen molar-refractivity contribution in [2.75, 3.05) is 25.0 Å². The monoisotopic (exact) mass is 409 g/mol. The number of thiazole rings is 1. The third kappa shape index (κ3) is 4.40. The zero-order valence-electron chi connectivity index (χ0n) is 16.3. The van der Waals surface area contributed by atoms with Crippen LogP contribution in [0.2, 0.25) is 0 Å². The Morgan fingerprint density at radius 2 is 1.97 bits per heavy atom. The standard InChI is InChI=1S/C22H23N3O3S/c1-2-28-22(27)23-17-7-5-6-16(14-17)21(26)25-12-10-15(11-13-25)20-24-18-8-3-4-9-19(18)29-20/h3-9,14-15H,2,10-13H2,1H3,(H,23,27). The van der Waals surface area contributed by atoms with Crippen LogP contribution in [0.25, 0.3) is 10.2 Å². The number of carbonyl (C=O) groups excluding carboxylic acids is 2. The van der Waals surface area contributed by atoms with Gasteiger partial charge in [0.1, 0.15) is 0 Å². The van der Waals surface area contributed by atoms with Crippen molar-refractivity contribution in [1.29, 1.82) is 0 Å². The van der Waals surface area contributed by atoms with Crippen molar-refractivity contribution in [3.05, 3.63) is 59.1 Å². The number of fused-ring (bicyclic) bond motifs is 1. The molecule has 29 heavy (non-hydrogen) atoms. The number of nitrogens with one attached hydrogen (secondary N) is 1. The molecule has 0 radical (unpaired) electrons. The van der Waals surface area contributed by atoms with Crippen LogP contribution in [0.3, 0.4) is 0 Å². The molecule has 0 unspecified atom stereocenters. The van der Waals surface area contributed by atoms with Crippen molar-refractivity contribution in [2.24, 2.45) is 0 Å². The minimum atomic E-state index is -0.520. The fraction of sp³-hybridized carbons (Fsp3) is 0.318. The van der Waals surface area contributed by atoms with E-state index in [2.05, 4.69) is 11.4 Å². The van der Waals surface area contributed by atoms with Gasteiger partial charge in [-0.05, 0) is 50.1 Å². The molecule has 1 N–H and O–H groups in total. The van der Waals surface area contributed by atoms with Gasteiger partial charge in [-0.2, -0.15) is 0 Å². The smallest absolute Gasteiger partial charge is 0.411 e. The summed E-state index contributed by atoms with van der Waals surface area (Å²) in [4.78, 5) is 31.2. The summed E-state index contributed by atoms with van der Waals surface area (Å²) in [5.74, 6) is 0.383. The molecule has 150 valence electrons. The maximum atomic E-state index is 12.9. The highest BCUT2D eigenvalue weighted by Gasteiger charge is 2.26. The predicted octanol–water partition coefficient (Wildman–Crippen LogP) is 4.88. The number of nitrogens with zero attached hydrogens (tertiary/aromatic N) is 2. The fourth-order valence-electron chi connectivity index (χ4n) is 3.59. The summed E-state index contributed by atoms with van der Waals surface area (Å²) in [5, 5.41) is 3.81. The van der Waals surface area contributed by atoms with E-state index in [1.165, 1.54) is 9.71 Å². The van der Waals surface area contributed by atoms with E-state index >= 15 is 0 Å². The summed E-state index contributed by atoms with van der Waals surface area (Å²) >= 11 is 1.75. The Labute approximate surface area is 173 Å². The zero-order chi connectivity index (χ0) is 20.2. The lowest BCUT2D eigenvalue weighted by atomic mass is 9.97. The van der Waals surface area contributed by atoms with Crippen molar-refractivity contribution in [3.8, 4) is 0 Å². The lowest BCUT2D eigenvalue weighted by Crippen LogP contribution is -2.37. The molecular formula is C22H23N3O3S. The second-order valence-electron chi connectivity index (χ2n) is 7.01. The lowest BCUT2D eigenvalue weighted by Gasteiger charge is -2.31. The number of benzene rings is 2. The number of piperidine rings is 1. The van der Waals surface area contributed by atoms with Gasteiger partial charge in [0, 0.05) is 30.3 Å². The van der Waals surface area contributed by atoms with Crippen LogP contribution in [-0.4, -0.2) is 41.6 Å². The summed E-state index contributed by atoms with van der Waals surface area (Å²) in [7, 11) is 0. The molecule has 3 aromatic rings. The summed E-state index contributed by atoms with van der Waals surface area (Å²) < 4.78 is 6.10. The fourth-order valence-corrected chi connectivity index (χ4v) is 4.73. The van der Waals surface area contributed by atoms with E-state index in [0.717, 1.165) is 18.4 Å². The maximum absolute atomic E-state index is 12.9. The van der Waals surface area contributed by atoms with Gasteiger partial charge in [-0.1, -0.05) is 18.2 Å². The Balaban J connectivity index is 1.39. The number of aromatic nitrogens is 1. The Bertz CT molecular complexity index is 992. The van der Waals surface area contributed by atoms with Crippen LogP contribution in [-0.2, 0) is 4.74 Å². The summed E-state index contributed by atoms with van der Waals surface area (Å²) in [6.07, 6.45) is 1.30. The van der Waals surface area contributed by atoms with Gasteiger partial charge in [0.15, 0.2) is 0 Å². The van der Waals surface area contributed by atoms with Crippen LogP contribution in [0.4, 0.5) is 10.5 Å². The van der Waals surface area contributed by atoms with Crippen molar-refractivity contribution < 1.29 is 14.3 Å². The SMILES string of the molecule is CCOC(=O)Nc1cccc(C(=O)N2CCC(c3nc4ccccc4s3)CC2)c1. The van der Waals surface area contributed by atoms with E-state index in [-0.39, 0.29) is 5.91 Å². The van der Waals surface area contributed by atoms with Gasteiger partial charge in [0.2, 0.25) is 0 Å². The topological polar surface area (TPSA) is 71.5 Å². The third-order valence-corrected chi connectivity index (χ3v) is 6.27. The van der Waals surface area contributed by atoms with E-state index < -0.39 is 6.09 Å². The predicted molar refractivity (Wildman–Crippen MR) is 115 cm³/mol. The molecule has 1 fully saturated rings. The van der Waals surface area contributed by atoms with E-state index in [1.807, 2.05) is 23.1 Å². The maximum Gasteiger partial charge on any atom is 0.411 e. The van der Waals surface area contributed by atoms with Gasteiger partial charge in [-0.25, -0.2) is 9.78 Å². The van der Waals surface area contributed by atoms with E-state index in [4.69, 9.17) is 9.72 Å². The number of hydrogen-bond donors (Lipinski definition) is 1. The van der Waals surface area contributed by atoms with Crippen LogP contribution < -0.4 is 5.32 Å². The zero-order valence-corrected chi connectivity index (χ0v) is 17.1. The number of hydrogen-bond acceptors (Lipinski definition) is 5. The molecule has 0 atom stereocenters. The molecule has 0 saturated carbocycles. The number of ether oxygens (including phenoxy) is 1. The largest absolute Gasteiger partial charge is 0.450 e. The summed E-state index contributed by atoms with van der Waals surface area (Å²) in [6.45, 7) is 3.45. The second-order valence-corrected chi connectivity index (χ2v) is 8.07. The molecule has 6 nitrogen and oxygen atoms in total. The van der Waals surface area contributed by atoms with Crippen LogP contribution in [0.5, 0.6) is 0 Å². The molecule has 0 bridgehead atoms. The number of amides is 2. The minimum absolute atomic E-state index is 0.0136. The second kappa shape index (κ2) is 8.61. The van der Waals surface area contributed by atoms with Crippen LogP contribution in [0, 0.1) is 0 Å². The first-order valence-corrected chi connectivity index (χ1v) is 10.6. The molecule has 0 aliphatic carbocycles. The van der Waals surface area contributed by atoms with Crippen molar-refractivity contribution in [3.63, 3.8) is 0 Å². The van der Waals surface area contributed by atoms with E-state index in [9.17, 15) is 9.59 Å². The highest BCUT2D eigenvalue weighted by Crippen LogP contribution is 2.34. The molecule has 0 spiro atoms. The number of para-hydroxylation sites is 1. The molecule has 2 amide bonds. The minimum Gasteiger partial charge on any atom is -0.450 e. The van der Waals surface area contributed by atoms with Crippen molar-refractivity contribution >= 4 is 39.2 Å². The van der Waals surface area contributed by atoms with E-state index in [0.29, 0.717) is 36.9 Å². The molecule has 2 aromatic carbocycles. The third-order valence-electron chi connectivity index (χ3n) is 5.07. The van der Waals surface area contributed by atoms with Gasteiger partial charge < -0.3 is 9.64 Å². The number of anilines is 1. The van der Waals surface area contributed by atoms with Gasteiger partial charge in [-0.15, -0.1) is 11.3 Å². The molecule has 2 heterocycles. The summed E-state index contributed by atoms with van der Waals surface area (Å²) in [5.41, 5.74) is 2.17. The van der Waals surface area contributed by atoms with Crippen molar-refractivity contribution in [2.45, 2.75) is 25.7 Å². The first kappa shape index (κ1) is 19.4. The average molecular weight is 410 g/mol. The van der Waals surface area contributed by atoms with E-state index in [1.54, 1.807) is 42.5 Å². The van der Waals surface area contributed by atoms with Crippen LogP contribution >= 0.6 is 11.3 Å². The summed E-state index contributed by atoms with van der Waals surface area (Å²) in [6, 6.07) is 15.2. The van der Waals surface area contributed by atoms with Gasteiger partial charge in [0.25, 0.3) is 5.91 Å². The number of likely N-dealkylation sites (tertiary alicyclic amines) is 1. The number of rotatable bonds is 4. The number of carbonyl (C=O) groups is 2. The highest BCUT2D eigenvalue weighted by atomic mass is 32.1. The Morgan fingerprint density at radius 1 is 1.17 bits per heavy atom. The lowest BCUT2D eigenvalue weighted by molar-refractivity contribution is 0.0713. The van der Waals surface area contributed by atoms with Crippen LogP contribution in [0.1, 0.15) is 41.0 Å². The van der Waals surface area contributed by atoms with Gasteiger partial charge >= 0.3 is 6.09 Å². The molecule has 1 aliphatic heterocycles. The van der Waals surface area contributed by atoms with Crippen molar-refractivity contribution in [1.82, 2.24) is 9.88 Å². The highest BCUT2D eigenvalue weighted by molar-refractivity contribution is 7.18. The normalized spacial score (nSPS) is 14.7. The molecule has 1 aliphatic rings. The quantitative estimate of drug-likeness (QED) is 0.666. The van der Waals surface area contributed by atoms with Crippen LogP contribution in [0.15, 0.2) is 48.5 Å². The molecule has 1 aromatic heterocycles. The first-order chi connectivity index (χ1) is 14.1. The Kier molecular flexibility index (Phi) is 5.76. The Hall–Kier alpha value is -2.93. The Morgan fingerprint density at radius 3 is 2.72 bits per heavy atom. The molecule has 7 heteroatoms. The molecule has 1 saturated heterocycles. The van der Waals surface area contributed by atoms with Gasteiger partial charge in [0.05, 0.1) is 21.8 Å². The molecule has 4 rings (SSSR count). The van der Waals surface area contributed by atoms with Gasteiger partial charge in [-0.3, -0.25) is 10.1 Å². The average Bonchev–Trinajstić information content (AvgIpc) is 3.18.